The van der Waals surface area contributed by atoms with Crippen LogP contribution in [0.5, 0.6) is 11.6 Å². The van der Waals surface area contributed by atoms with Crippen molar-refractivity contribution >= 4 is 18.0 Å². The van der Waals surface area contributed by atoms with Crippen molar-refractivity contribution in [3.63, 3.8) is 0 Å². The third-order valence-electron chi connectivity index (χ3n) is 2.71. The molecule has 8 heteroatoms. The lowest BCUT2D eigenvalue weighted by Crippen LogP contribution is -2.14. The van der Waals surface area contributed by atoms with Crippen molar-refractivity contribution in [1.82, 2.24) is 9.97 Å². The van der Waals surface area contributed by atoms with E-state index >= 15 is 0 Å². The average Bonchev–Trinajstić information content (AvgIpc) is 2.53. The van der Waals surface area contributed by atoms with Crippen molar-refractivity contribution in [1.29, 1.82) is 0 Å². The summed E-state index contributed by atoms with van der Waals surface area (Å²) in [7, 11) is 0. The summed E-state index contributed by atoms with van der Waals surface area (Å²) in [5.74, 6) is -0.733. The number of rotatable bonds is 3. The summed E-state index contributed by atoms with van der Waals surface area (Å²) in [6.45, 7) is 0.195. The van der Waals surface area contributed by atoms with E-state index in [1.807, 2.05) is 0 Å². The molecular formula is C13H8ClFN3O3. The topological polar surface area (TPSA) is 65.8 Å². The van der Waals surface area contributed by atoms with Crippen molar-refractivity contribution in [2.24, 2.45) is 5.16 Å². The van der Waals surface area contributed by atoms with E-state index in [1.165, 1.54) is 0 Å². The lowest BCUT2D eigenvalue weighted by atomic mass is 10.1. The summed E-state index contributed by atoms with van der Waals surface area (Å²) in [6.07, 6.45) is 2.93. The van der Waals surface area contributed by atoms with E-state index < -0.39 is 11.9 Å². The summed E-state index contributed by atoms with van der Waals surface area (Å²) in [5.41, 5.74) is 0.647. The van der Waals surface area contributed by atoms with Crippen LogP contribution in [0.25, 0.3) is 0 Å². The number of aromatic nitrogens is 2. The maximum Gasteiger partial charge on any atom is 0.317 e. The van der Waals surface area contributed by atoms with Gasteiger partial charge < -0.3 is 14.3 Å². The second-order valence-electron chi connectivity index (χ2n) is 4.01. The fourth-order valence-electron chi connectivity index (χ4n) is 1.75. The largest absolute Gasteiger partial charge is 0.460 e. The van der Waals surface area contributed by atoms with Crippen LogP contribution in [0.3, 0.4) is 0 Å². The van der Waals surface area contributed by atoms with E-state index in [2.05, 4.69) is 21.5 Å². The average molecular weight is 309 g/mol. The highest BCUT2D eigenvalue weighted by molar-refractivity contribution is 6.29. The second-order valence-corrected chi connectivity index (χ2v) is 4.37. The van der Waals surface area contributed by atoms with Crippen LogP contribution in [0.2, 0.25) is 5.15 Å². The predicted octanol–water partition coefficient (Wildman–Crippen LogP) is 2.97. The first-order chi connectivity index (χ1) is 10.3. The van der Waals surface area contributed by atoms with Crippen molar-refractivity contribution < 1.29 is 18.7 Å². The molecule has 21 heavy (non-hydrogen) atoms. The highest BCUT2D eigenvalue weighted by atomic mass is 35.5. The normalized spacial score (nSPS) is 17.0. The number of halogens is 2. The molecule has 1 aromatic heterocycles. The van der Waals surface area contributed by atoms with Gasteiger partial charge in [-0.3, -0.25) is 0 Å². The first-order valence-corrected chi connectivity index (χ1v) is 6.29. The molecule has 2 heterocycles. The minimum absolute atomic E-state index is 0.195. The Hall–Kier alpha value is -2.41. The summed E-state index contributed by atoms with van der Waals surface area (Å²) in [5, 5.41) is 3.07. The van der Waals surface area contributed by atoms with Gasteiger partial charge in [-0.05, 0) is 11.2 Å². The minimum Gasteiger partial charge on any atom is -0.460 e. The van der Waals surface area contributed by atoms with E-state index in [9.17, 15) is 4.39 Å². The van der Waals surface area contributed by atoms with Gasteiger partial charge in [-0.2, -0.15) is 9.37 Å². The van der Waals surface area contributed by atoms with Crippen LogP contribution in [0, 0.1) is 5.82 Å². The standard InChI is InChI=1S/C13H8ClFN3O3/c14-12-11(15)13(17-6-16-12)21-9-4-2-1-3-8(9)10-5-20-18-7-19-10/h1-4,6,10H,5H2. The fraction of sp³-hybridized carbons (Fsp3) is 0.154. The Bertz CT molecular complexity index is 683. The van der Waals surface area contributed by atoms with E-state index in [0.717, 1.165) is 6.33 Å². The zero-order valence-electron chi connectivity index (χ0n) is 10.5. The van der Waals surface area contributed by atoms with E-state index in [1.54, 1.807) is 24.3 Å². The van der Waals surface area contributed by atoms with Crippen LogP contribution in [0.15, 0.2) is 35.7 Å². The van der Waals surface area contributed by atoms with Crippen LogP contribution in [-0.2, 0) is 9.57 Å². The molecule has 1 unspecified atom stereocenters. The Morgan fingerprint density at radius 1 is 1.33 bits per heavy atom. The molecule has 0 fully saturated rings. The lowest BCUT2D eigenvalue weighted by molar-refractivity contribution is 0.0154. The first-order valence-electron chi connectivity index (χ1n) is 5.91. The molecule has 0 spiro atoms. The van der Waals surface area contributed by atoms with Gasteiger partial charge in [0.05, 0.1) is 0 Å². The highest BCUT2D eigenvalue weighted by Gasteiger charge is 2.22. The zero-order chi connectivity index (χ0) is 14.7. The number of nitrogens with zero attached hydrogens (tertiary/aromatic N) is 3. The van der Waals surface area contributed by atoms with Crippen molar-refractivity contribution in [3.05, 3.63) is 47.1 Å². The molecule has 1 aliphatic rings. The predicted molar refractivity (Wildman–Crippen MR) is 70.7 cm³/mol. The molecule has 0 aliphatic carbocycles. The van der Waals surface area contributed by atoms with Gasteiger partial charge in [0.1, 0.15) is 12.1 Å². The van der Waals surface area contributed by atoms with Crippen molar-refractivity contribution in [3.8, 4) is 11.6 Å². The Kier molecular flexibility index (Phi) is 3.83. The SMILES string of the molecule is Fc1c(Cl)ncnc1Oc1ccccc1C1CON=[C]O1. The first kappa shape index (κ1) is 13.6. The Morgan fingerprint density at radius 2 is 2.19 bits per heavy atom. The zero-order valence-corrected chi connectivity index (χ0v) is 11.2. The molecule has 6 nitrogen and oxygen atoms in total. The fourth-order valence-corrected chi connectivity index (χ4v) is 1.88. The molecule has 1 aromatic carbocycles. The van der Waals surface area contributed by atoms with Crippen molar-refractivity contribution in [2.75, 3.05) is 6.61 Å². The number of hydrogen-bond acceptors (Lipinski definition) is 6. The lowest BCUT2D eigenvalue weighted by Gasteiger charge is -2.20. The van der Waals surface area contributed by atoms with E-state index in [4.69, 9.17) is 25.9 Å². The number of para-hydroxylation sites is 1. The molecule has 0 saturated heterocycles. The molecule has 0 bridgehead atoms. The highest BCUT2D eigenvalue weighted by Crippen LogP contribution is 2.33. The van der Waals surface area contributed by atoms with Gasteiger partial charge in [0.2, 0.25) is 5.82 Å². The molecule has 1 atom stereocenters. The van der Waals surface area contributed by atoms with Crippen LogP contribution in [0.4, 0.5) is 4.39 Å². The Morgan fingerprint density at radius 3 is 3.00 bits per heavy atom. The molecule has 1 aliphatic heterocycles. The molecule has 0 saturated carbocycles. The van der Waals surface area contributed by atoms with Crippen molar-refractivity contribution in [2.45, 2.75) is 6.10 Å². The van der Waals surface area contributed by atoms with Gasteiger partial charge in [0.25, 0.3) is 5.88 Å². The van der Waals surface area contributed by atoms with E-state index in [0.29, 0.717) is 11.3 Å². The third kappa shape index (κ3) is 2.87. The summed E-state index contributed by atoms with van der Waals surface area (Å²) < 4.78 is 24.5. The van der Waals surface area contributed by atoms with Crippen LogP contribution in [-0.4, -0.2) is 23.0 Å². The molecular weight excluding hydrogens is 301 g/mol. The van der Waals surface area contributed by atoms with Gasteiger partial charge in [0.15, 0.2) is 17.9 Å². The number of benzene rings is 1. The van der Waals surface area contributed by atoms with Gasteiger partial charge >= 0.3 is 6.40 Å². The van der Waals surface area contributed by atoms with Gasteiger partial charge in [-0.1, -0.05) is 29.8 Å². The quantitative estimate of drug-likeness (QED) is 0.816. The summed E-state index contributed by atoms with van der Waals surface area (Å²) in [6, 6.07) is 6.94. The summed E-state index contributed by atoms with van der Waals surface area (Å²) >= 11 is 5.60. The van der Waals surface area contributed by atoms with Gasteiger partial charge in [-0.25, -0.2) is 4.98 Å². The Labute approximate surface area is 124 Å². The third-order valence-corrected chi connectivity index (χ3v) is 2.97. The maximum absolute atomic E-state index is 13.8. The second kappa shape index (κ2) is 5.92. The molecule has 0 amide bonds. The van der Waals surface area contributed by atoms with Crippen LogP contribution >= 0.6 is 11.6 Å². The number of hydrogen-bond donors (Lipinski definition) is 0. The maximum atomic E-state index is 13.8. The molecule has 2 aromatic rings. The molecule has 0 N–H and O–H groups in total. The monoisotopic (exact) mass is 308 g/mol. The summed E-state index contributed by atoms with van der Waals surface area (Å²) in [4.78, 5) is 12.1. The number of ether oxygens (including phenoxy) is 2. The van der Waals surface area contributed by atoms with Crippen LogP contribution in [0.1, 0.15) is 11.7 Å². The molecule has 1 radical (unpaired) electrons. The van der Waals surface area contributed by atoms with Crippen LogP contribution < -0.4 is 4.74 Å². The Balaban J connectivity index is 1.92. The molecule has 107 valence electrons. The van der Waals surface area contributed by atoms with Gasteiger partial charge in [-0.15, -0.1) is 0 Å². The minimum atomic E-state index is -0.831. The smallest absolute Gasteiger partial charge is 0.317 e. The molecule has 3 rings (SSSR count). The van der Waals surface area contributed by atoms with E-state index in [-0.39, 0.29) is 17.6 Å². The van der Waals surface area contributed by atoms with Gasteiger partial charge in [0, 0.05) is 5.56 Å².